The van der Waals surface area contributed by atoms with E-state index in [4.69, 9.17) is 0 Å². The third-order valence-corrected chi connectivity index (χ3v) is 2.42. The minimum atomic E-state index is 0.694. The van der Waals surface area contributed by atoms with E-state index >= 15 is 0 Å². The lowest BCUT2D eigenvalue weighted by atomic mass is 10.2. The summed E-state index contributed by atoms with van der Waals surface area (Å²) >= 11 is 0. The molecular formula is C11H9N5. The van der Waals surface area contributed by atoms with Gasteiger partial charge >= 0.3 is 0 Å². The van der Waals surface area contributed by atoms with Crippen LogP contribution in [-0.2, 0) is 0 Å². The van der Waals surface area contributed by atoms with Crippen LogP contribution in [0.25, 0.3) is 16.9 Å². The summed E-state index contributed by atoms with van der Waals surface area (Å²) < 4.78 is 1.64. The maximum Gasteiger partial charge on any atom is 0.200 e. The number of aryl methyl sites for hydroxylation is 1. The van der Waals surface area contributed by atoms with Gasteiger partial charge in [0.05, 0.1) is 17.6 Å². The predicted octanol–water partition coefficient (Wildman–Crippen LogP) is 1.49. The quantitative estimate of drug-likeness (QED) is 0.612. The standard InChI is InChI=1S/C11H9N5/c1-8-11-13-14-15-16(11)7-10(12-8)9-5-3-2-4-6-9/h2-7H,1H3. The molecule has 0 N–H and O–H groups in total. The van der Waals surface area contributed by atoms with Crippen LogP contribution in [0.2, 0.25) is 0 Å². The van der Waals surface area contributed by atoms with Gasteiger partial charge in [-0.25, -0.2) is 4.98 Å². The highest BCUT2D eigenvalue weighted by molar-refractivity contribution is 5.60. The number of benzene rings is 1. The highest BCUT2D eigenvalue weighted by Gasteiger charge is 2.06. The molecule has 0 spiro atoms. The summed E-state index contributed by atoms with van der Waals surface area (Å²) in [5, 5.41) is 11.4. The molecule has 3 rings (SSSR count). The highest BCUT2D eigenvalue weighted by Crippen LogP contribution is 2.17. The molecule has 5 nitrogen and oxygen atoms in total. The van der Waals surface area contributed by atoms with Crippen LogP contribution in [0.15, 0.2) is 36.5 Å². The number of rotatable bonds is 1. The van der Waals surface area contributed by atoms with Crippen molar-refractivity contribution in [1.29, 1.82) is 0 Å². The number of aromatic nitrogens is 5. The van der Waals surface area contributed by atoms with Crippen molar-refractivity contribution in [2.24, 2.45) is 0 Å². The first kappa shape index (κ1) is 8.96. The van der Waals surface area contributed by atoms with Gasteiger partial charge in [-0.2, -0.15) is 4.52 Å². The zero-order chi connectivity index (χ0) is 11.0. The Bertz CT molecular complexity index is 629. The molecule has 3 aromatic rings. The van der Waals surface area contributed by atoms with Crippen molar-refractivity contribution >= 4 is 5.65 Å². The molecule has 0 saturated heterocycles. The van der Waals surface area contributed by atoms with Gasteiger partial charge < -0.3 is 0 Å². The maximum absolute atomic E-state index is 4.48. The first-order valence-electron chi connectivity index (χ1n) is 4.95. The van der Waals surface area contributed by atoms with Crippen molar-refractivity contribution in [2.45, 2.75) is 6.92 Å². The van der Waals surface area contributed by atoms with Crippen LogP contribution in [0.5, 0.6) is 0 Å². The van der Waals surface area contributed by atoms with Crippen molar-refractivity contribution in [1.82, 2.24) is 25.0 Å². The predicted molar refractivity (Wildman–Crippen MR) is 58.8 cm³/mol. The molecule has 0 atom stereocenters. The van der Waals surface area contributed by atoms with Gasteiger partial charge in [-0.1, -0.05) is 30.3 Å². The van der Waals surface area contributed by atoms with Crippen LogP contribution >= 0.6 is 0 Å². The van der Waals surface area contributed by atoms with Gasteiger partial charge in [0.25, 0.3) is 0 Å². The molecule has 16 heavy (non-hydrogen) atoms. The smallest absolute Gasteiger partial charge is 0.200 e. The van der Waals surface area contributed by atoms with Crippen LogP contribution in [0.3, 0.4) is 0 Å². The lowest BCUT2D eigenvalue weighted by Gasteiger charge is -2.02. The summed E-state index contributed by atoms with van der Waals surface area (Å²) in [6.07, 6.45) is 1.83. The SMILES string of the molecule is Cc1nc(-c2ccccc2)cn2nnnc12. The van der Waals surface area contributed by atoms with Crippen molar-refractivity contribution in [3.63, 3.8) is 0 Å². The van der Waals surface area contributed by atoms with Gasteiger partial charge in [-0.05, 0) is 17.4 Å². The summed E-state index contributed by atoms with van der Waals surface area (Å²) in [7, 11) is 0. The first-order valence-corrected chi connectivity index (χ1v) is 4.95. The van der Waals surface area contributed by atoms with Gasteiger partial charge in [0.1, 0.15) is 0 Å². The van der Waals surface area contributed by atoms with Crippen LogP contribution in [0.4, 0.5) is 0 Å². The molecule has 0 aliphatic rings. The fraction of sp³-hybridized carbons (Fsp3) is 0.0909. The Morgan fingerprint density at radius 2 is 1.94 bits per heavy atom. The summed E-state index contributed by atoms with van der Waals surface area (Å²) in [4.78, 5) is 4.48. The molecule has 0 unspecified atom stereocenters. The molecule has 0 fully saturated rings. The molecule has 0 aliphatic carbocycles. The van der Waals surface area contributed by atoms with Crippen LogP contribution < -0.4 is 0 Å². The minimum Gasteiger partial charge on any atom is -0.247 e. The van der Waals surface area contributed by atoms with Crippen molar-refractivity contribution in [3.05, 3.63) is 42.2 Å². The van der Waals surface area contributed by atoms with Crippen molar-refractivity contribution in [3.8, 4) is 11.3 Å². The highest BCUT2D eigenvalue weighted by atomic mass is 15.5. The van der Waals surface area contributed by atoms with E-state index in [1.165, 1.54) is 0 Å². The summed E-state index contributed by atoms with van der Waals surface area (Å²) in [6.45, 7) is 1.90. The molecule has 0 saturated carbocycles. The molecule has 5 heteroatoms. The molecule has 0 aliphatic heterocycles. The first-order chi connectivity index (χ1) is 7.84. The van der Waals surface area contributed by atoms with E-state index in [2.05, 4.69) is 20.5 Å². The second-order valence-corrected chi connectivity index (χ2v) is 3.52. The second-order valence-electron chi connectivity index (χ2n) is 3.52. The number of fused-ring (bicyclic) bond motifs is 1. The fourth-order valence-electron chi connectivity index (χ4n) is 1.64. The average Bonchev–Trinajstić information content (AvgIpc) is 2.79. The summed E-state index contributed by atoms with van der Waals surface area (Å²) in [5.74, 6) is 0. The lowest BCUT2D eigenvalue weighted by molar-refractivity contribution is 0.820. The monoisotopic (exact) mass is 211 g/mol. The van der Waals surface area contributed by atoms with E-state index in [0.29, 0.717) is 5.65 Å². The molecule has 78 valence electrons. The van der Waals surface area contributed by atoms with Gasteiger partial charge in [-0.15, -0.1) is 5.10 Å². The number of tetrazole rings is 1. The Morgan fingerprint density at radius 3 is 2.75 bits per heavy atom. The average molecular weight is 211 g/mol. The molecule has 2 heterocycles. The van der Waals surface area contributed by atoms with E-state index in [-0.39, 0.29) is 0 Å². The Kier molecular flexibility index (Phi) is 1.89. The lowest BCUT2D eigenvalue weighted by Crippen LogP contribution is -1.96. The second kappa shape index (κ2) is 3.37. The van der Waals surface area contributed by atoms with Gasteiger partial charge in [0.15, 0.2) is 5.65 Å². The van der Waals surface area contributed by atoms with E-state index in [9.17, 15) is 0 Å². The third-order valence-electron chi connectivity index (χ3n) is 2.42. The Hall–Kier alpha value is -2.30. The normalized spacial score (nSPS) is 10.8. The Labute approximate surface area is 91.8 Å². The van der Waals surface area contributed by atoms with E-state index in [1.807, 2.05) is 43.5 Å². The van der Waals surface area contributed by atoms with Gasteiger partial charge in [0, 0.05) is 5.56 Å². The number of nitrogens with zero attached hydrogens (tertiary/aromatic N) is 5. The fourth-order valence-corrected chi connectivity index (χ4v) is 1.64. The van der Waals surface area contributed by atoms with Gasteiger partial charge in [0.2, 0.25) is 0 Å². The van der Waals surface area contributed by atoms with Crippen LogP contribution in [-0.4, -0.2) is 25.0 Å². The van der Waals surface area contributed by atoms with Crippen LogP contribution in [0, 0.1) is 6.92 Å². The maximum atomic E-state index is 4.48. The van der Waals surface area contributed by atoms with E-state index < -0.39 is 0 Å². The largest absolute Gasteiger partial charge is 0.247 e. The molecule has 0 amide bonds. The van der Waals surface area contributed by atoms with E-state index in [0.717, 1.165) is 17.0 Å². The Balaban J connectivity index is 2.25. The van der Waals surface area contributed by atoms with Crippen molar-refractivity contribution < 1.29 is 0 Å². The summed E-state index contributed by atoms with van der Waals surface area (Å²) in [5.41, 5.74) is 3.45. The number of hydrogen-bond donors (Lipinski definition) is 0. The van der Waals surface area contributed by atoms with Crippen LogP contribution in [0.1, 0.15) is 5.69 Å². The zero-order valence-electron chi connectivity index (χ0n) is 8.70. The topological polar surface area (TPSA) is 56.0 Å². The molecule has 0 radical (unpaired) electrons. The molecule has 0 bridgehead atoms. The third kappa shape index (κ3) is 1.33. The molecule has 1 aromatic carbocycles. The minimum absolute atomic E-state index is 0.694. The summed E-state index contributed by atoms with van der Waals surface area (Å²) in [6, 6.07) is 9.97. The zero-order valence-corrected chi connectivity index (χ0v) is 8.70. The van der Waals surface area contributed by atoms with Gasteiger partial charge in [-0.3, -0.25) is 0 Å². The Morgan fingerprint density at radius 1 is 1.12 bits per heavy atom. The molecular weight excluding hydrogens is 202 g/mol. The van der Waals surface area contributed by atoms with E-state index in [1.54, 1.807) is 4.52 Å². The molecule has 2 aromatic heterocycles. The number of hydrogen-bond acceptors (Lipinski definition) is 4. The van der Waals surface area contributed by atoms with Crippen molar-refractivity contribution in [2.75, 3.05) is 0 Å².